The van der Waals surface area contributed by atoms with Crippen LogP contribution in [0.15, 0.2) is 9.90 Å². The summed E-state index contributed by atoms with van der Waals surface area (Å²) < 4.78 is 5.20. The van der Waals surface area contributed by atoms with Gasteiger partial charge in [0.05, 0.1) is 5.02 Å². The van der Waals surface area contributed by atoms with Crippen LogP contribution in [0.1, 0.15) is 24.7 Å². The van der Waals surface area contributed by atoms with Gasteiger partial charge in [-0.15, -0.1) is 11.3 Å². The van der Waals surface area contributed by atoms with Gasteiger partial charge < -0.3 is 10.3 Å². The van der Waals surface area contributed by atoms with Crippen LogP contribution in [-0.2, 0) is 6.42 Å². The third kappa shape index (κ3) is 2.68. The van der Waals surface area contributed by atoms with E-state index in [0.29, 0.717) is 23.2 Å². The lowest BCUT2D eigenvalue weighted by Gasteiger charge is -2.02. The summed E-state index contributed by atoms with van der Waals surface area (Å²) in [5, 5.41) is 6.57. The Balaban J connectivity index is 2.21. The van der Waals surface area contributed by atoms with Gasteiger partial charge in [0, 0.05) is 12.5 Å². The number of aryl methyl sites for hydroxylation is 1. The Labute approximate surface area is 109 Å². The maximum absolute atomic E-state index is 6.14. The van der Waals surface area contributed by atoms with Crippen molar-refractivity contribution in [2.45, 2.75) is 32.7 Å². The number of hydrogen-bond donors (Lipinski definition) is 1. The Kier molecular flexibility index (Phi) is 3.81. The molecule has 0 radical (unpaired) electrons. The second-order valence-electron chi connectivity index (χ2n) is 3.95. The van der Waals surface area contributed by atoms with Crippen LogP contribution < -0.4 is 5.73 Å². The molecule has 0 bridgehead atoms. The first kappa shape index (κ1) is 12.5. The van der Waals surface area contributed by atoms with E-state index in [-0.39, 0.29) is 6.04 Å². The number of nitrogens with two attached hydrogens (primary N) is 1. The predicted octanol–water partition coefficient (Wildman–Crippen LogP) is 3.04. The molecule has 4 nitrogen and oxygen atoms in total. The fourth-order valence-corrected chi connectivity index (χ4v) is 2.58. The number of hydrogen-bond acceptors (Lipinski definition) is 5. The summed E-state index contributed by atoms with van der Waals surface area (Å²) in [5.41, 5.74) is 6.87. The van der Waals surface area contributed by atoms with Crippen molar-refractivity contribution >= 4 is 22.9 Å². The highest BCUT2D eigenvalue weighted by Crippen LogP contribution is 2.35. The lowest BCUT2D eigenvalue weighted by Crippen LogP contribution is -2.21. The van der Waals surface area contributed by atoms with Crippen LogP contribution in [0.25, 0.3) is 10.8 Å². The first-order chi connectivity index (χ1) is 8.11. The fraction of sp³-hybridized carbons (Fsp3) is 0.455. The van der Waals surface area contributed by atoms with Crippen molar-refractivity contribution in [3.63, 3.8) is 0 Å². The molecule has 0 spiro atoms. The van der Waals surface area contributed by atoms with Crippen molar-refractivity contribution in [1.82, 2.24) is 10.1 Å². The number of thiophene rings is 1. The molecule has 0 aromatic carbocycles. The summed E-state index contributed by atoms with van der Waals surface area (Å²) in [7, 11) is 0. The third-order valence-corrected chi connectivity index (χ3v) is 4.22. The van der Waals surface area contributed by atoms with Gasteiger partial charge in [0.2, 0.25) is 0 Å². The van der Waals surface area contributed by atoms with Crippen LogP contribution in [0.5, 0.6) is 0 Å². The smallest absolute Gasteiger partial charge is 0.269 e. The molecule has 0 aliphatic carbocycles. The van der Waals surface area contributed by atoms with Crippen molar-refractivity contribution in [1.29, 1.82) is 0 Å². The van der Waals surface area contributed by atoms with Gasteiger partial charge in [0.15, 0.2) is 5.82 Å². The van der Waals surface area contributed by atoms with Crippen molar-refractivity contribution in [3.05, 3.63) is 21.8 Å². The molecule has 2 heterocycles. The molecule has 0 saturated heterocycles. The average molecular weight is 272 g/mol. The van der Waals surface area contributed by atoms with Crippen LogP contribution in [0, 0.1) is 6.92 Å². The summed E-state index contributed by atoms with van der Waals surface area (Å²) in [6.45, 7) is 3.98. The lowest BCUT2D eigenvalue weighted by atomic mass is 10.2. The molecule has 92 valence electrons. The molecule has 6 heteroatoms. The minimum absolute atomic E-state index is 0.0704. The molecule has 2 rings (SSSR count). The standard InChI is InChI=1S/C11H14ClN3OS/c1-3-7(13)4-8-14-11(16-15-8)10-9(12)6(2)5-17-10/h5,7H,3-4,13H2,1-2H3. The topological polar surface area (TPSA) is 64.9 Å². The molecule has 17 heavy (non-hydrogen) atoms. The number of nitrogens with zero attached hydrogens (tertiary/aromatic N) is 2. The van der Waals surface area contributed by atoms with E-state index in [1.807, 2.05) is 19.2 Å². The van der Waals surface area contributed by atoms with Gasteiger partial charge in [-0.05, 0) is 24.3 Å². The van der Waals surface area contributed by atoms with Crippen LogP contribution >= 0.6 is 22.9 Å². The second kappa shape index (κ2) is 5.16. The quantitative estimate of drug-likeness (QED) is 0.928. The van der Waals surface area contributed by atoms with E-state index in [1.54, 1.807) is 0 Å². The highest BCUT2D eigenvalue weighted by molar-refractivity contribution is 7.14. The minimum Gasteiger partial charge on any atom is -0.333 e. The van der Waals surface area contributed by atoms with Gasteiger partial charge in [0.25, 0.3) is 5.89 Å². The zero-order valence-corrected chi connectivity index (χ0v) is 11.3. The minimum atomic E-state index is 0.0704. The lowest BCUT2D eigenvalue weighted by molar-refractivity contribution is 0.420. The maximum atomic E-state index is 6.14. The first-order valence-corrected chi connectivity index (χ1v) is 6.69. The van der Waals surface area contributed by atoms with E-state index in [0.717, 1.165) is 16.9 Å². The third-order valence-electron chi connectivity index (χ3n) is 2.53. The van der Waals surface area contributed by atoms with Gasteiger partial charge >= 0.3 is 0 Å². The zero-order valence-electron chi connectivity index (χ0n) is 9.74. The molecule has 0 amide bonds. The normalized spacial score (nSPS) is 12.9. The molecular formula is C11H14ClN3OS. The van der Waals surface area contributed by atoms with Crippen LogP contribution in [0.2, 0.25) is 5.02 Å². The maximum Gasteiger partial charge on any atom is 0.269 e. The van der Waals surface area contributed by atoms with Crippen molar-refractivity contribution in [2.24, 2.45) is 5.73 Å². The van der Waals surface area contributed by atoms with E-state index in [1.165, 1.54) is 11.3 Å². The van der Waals surface area contributed by atoms with Gasteiger partial charge in [-0.1, -0.05) is 23.7 Å². The molecule has 1 atom stereocenters. The fourth-order valence-electron chi connectivity index (χ4n) is 1.38. The molecule has 0 fully saturated rings. The SMILES string of the molecule is CCC(N)Cc1noc(-c2scc(C)c2Cl)n1. The van der Waals surface area contributed by atoms with Crippen molar-refractivity contribution in [2.75, 3.05) is 0 Å². The Morgan fingerprint density at radius 1 is 1.59 bits per heavy atom. The summed E-state index contributed by atoms with van der Waals surface area (Å²) in [6.07, 6.45) is 1.52. The largest absolute Gasteiger partial charge is 0.333 e. The second-order valence-corrected chi connectivity index (χ2v) is 5.21. The molecule has 1 unspecified atom stereocenters. The Morgan fingerprint density at radius 2 is 2.35 bits per heavy atom. The Morgan fingerprint density at radius 3 is 2.94 bits per heavy atom. The van der Waals surface area contributed by atoms with Crippen molar-refractivity contribution in [3.8, 4) is 10.8 Å². The highest BCUT2D eigenvalue weighted by atomic mass is 35.5. The number of aromatic nitrogens is 2. The Hall–Kier alpha value is -0.910. The first-order valence-electron chi connectivity index (χ1n) is 5.44. The van der Waals surface area contributed by atoms with E-state index in [4.69, 9.17) is 21.9 Å². The van der Waals surface area contributed by atoms with Gasteiger partial charge in [-0.2, -0.15) is 4.98 Å². The van der Waals surface area contributed by atoms with Crippen LogP contribution in [-0.4, -0.2) is 16.2 Å². The highest BCUT2D eigenvalue weighted by Gasteiger charge is 2.16. The molecule has 0 aliphatic rings. The molecule has 2 N–H and O–H groups in total. The Bertz CT molecular complexity index is 509. The van der Waals surface area contributed by atoms with Crippen LogP contribution in [0.4, 0.5) is 0 Å². The summed E-state index contributed by atoms with van der Waals surface area (Å²) in [5.74, 6) is 1.11. The molecular weight excluding hydrogens is 258 g/mol. The van der Waals surface area contributed by atoms with Gasteiger partial charge in [0.1, 0.15) is 4.88 Å². The zero-order chi connectivity index (χ0) is 12.4. The molecule has 0 aliphatic heterocycles. The number of halogens is 1. The summed E-state index contributed by atoms with van der Waals surface area (Å²) >= 11 is 7.65. The van der Waals surface area contributed by atoms with Gasteiger partial charge in [-0.25, -0.2) is 0 Å². The monoisotopic (exact) mass is 271 g/mol. The van der Waals surface area contributed by atoms with E-state index < -0.39 is 0 Å². The summed E-state index contributed by atoms with van der Waals surface area (Å²) in [4.78, 5) is 5.14. The van der Waals surface area contributed by atoms with E-state index >= 15 is 0 Å². The van der Waals surface area contributed by atoms with E-state index in [9.17, 15) is 0 Å². The predicted molar refractivity (Wildman–Crippen MR) is 69.3 cm³/mol. The summed E-state index contributed by atoms with van der Waals surface area (Å²) in [6, 6.07) is 0.0704. The molecule has 2 aromatic heterocycles. The molecule has 0 saturated carbocycles. The van der Waals surface area contributed by atoms with Gasteiger partial charge in [-0.3, -0.25) is 0 Å². The van der Waals surface area contributed by atoms with Crippen molar-refractivity contribution < 1.29 is 4.52 Å². The van der Waals surface area contributed by atoms with E-state index in [2.05, 4.69) is 10.1 Å². The number of rotatable bonds is 4. The van der Waals surface area contributed by atoms with Crippen LogP contribution in [0.3, 0.4) is 0 Å². The average Bonchev–Trinajstić information content (AvgIpc) is 2.88. The molecule has 2 aromatic rings.